The van der Waals surface area contributed by atoms with E-state index in [1.54, 1.807) is 18.5 Å². The van der Waals surface area contributed by atoms with E-state index in [2.05, 4.69) is 10.3 Å². The lowest BCUT2D eigenvalue weighted by molar-refractivity contribution is -0.145. The summed E-state index contributed by atoms with van der Waals surface area (Å²) in [5.74, 6) is -0.739. The minimum Gasteiger partial charge on any atom is -0.481 e. The second kappa shape index (κ2) is 3.98. The molecular weight excluding hydrogens is 192 g/mol. The fraction of sp³-hybridized carbons (Fsp3) is 0.455. The average molecular weight is 206 g/mol. The van der Waals surface area contributed by atoms with Crippen molar-refractivity contribution in [3.8, 4) is 0 Å². The van der Waals surface area contributed by atoms with Crippen LogP contribution in [0.25, 0.3) is 0 Å². The fourth-order valence-corrected chi connectivity index (χ4v) is 2.13. The molecule has 2 rings (SSSR count). The second-order valence-corrected chi connectivity index (χ2v) is 3.88. The van der Waals surface area contributed by atoms with E-state index in [-0.39, 0.29) is 0 Å². The Hall–Kier alpha value is -1.42. The van der Waals surface area contributed by atoms with Gasteiger partial charge in [0, 0.05) is 12.4 Å². The summed E-state index contributed by atoms with van der Waals surface area (Å²) in [6, 6.07) is 3.65. The molecule has 0 bridgehead atoms. The van der Waals surface area contributed by atoms with Gasteiger partial charge in [-0.05, 0) is 37.6 Å². The van der Waals surface area contributed by atoms with Crippen LogP contribution in [0.15, 0.2) is 24.5 Å². The molecule has 1 fully saturated rings. The van der Waals surface area contributed by atoms with Crippen molar-refractivity contribution in [3.05, 3.63) is 30.1 Å². The number of rotatable bonds is 2. The Kier molecular flexibility index (Phi) is 2.68. The van der Waals surface area contributed by atoms with Crippen molar-refractivity contribution in [1.82, 2.24) is 10.3 Å². The Morgan fingerprint density at radius 3 is 2.73 bits per heavy atom. The van der Waals surface area contributed by atoms with E-state index in [4.69, 9.17) is 0 Å². The SMILES string of the molecule is O=C(O)C1(c2cccnc2)CCNCC1. The monoisotopic (exact) mass is 206 g/mol. The summed E-state index contributed by atoms with van der Waals surface area (Å²) < 4.78 is 0. The van der Waals surface area contributed by atoms with E-state index >= 15 is 0 Å². The number of aromatic nitrogens is 1. The molecule has 2 N–H and O–H groups in total. The first-order valence-electron chi connectivity index (χ1n) is 5.10. The first kappa shape index (κ1) is 10.1. The molecule has 0 aliphatic carbocycles. The predicted molar refractivity (Wildman–Crippen MR) is 55.7 cm³/mol. The molecule has 0 radical (unpaired) electrons. The Morgan fingerprint density at radius 2 is 2.20 bits per heavy atom. The van der Waals surface area contributed by atoms with Crippen LogP contribution in [0, 0.1) is 0 Å². The maximum absolute atomic E-state index is 11.4. The summed E-state index contributed by atoms with van der Waals surface area (Å²) in [7, 11) is 0. The highest BCUT2D eigenvalue weighted by Crippen LogP contribution is 2.33. The number of nitrogens with zero attached hydrogens (tertiary/aromatic N) is 1. The molecule has 0 amide bonds. The Labute approximate surface area is 88.3 Å². The molecule has 80 valence electrons. The normalized spacial score (nSPS) is 19.7. The molecule has 15 heavy (non-hydrogen) atoms. The summed E-state index contributed by atoms with van der Waals surface area (Å²) in [6.45, 7) is 1.50. The first-order chi connectivity index (χ1) is 7.26. The molecule has 1 aromatic heterocycles. The lowest BCUT2D eigenvalue weighted by atomic mass is 9.74. The number of hydrogen-bond donors (Lipinski definition) is 2. The number of hydrogen-bond acceptors (Lipinski definition) is 3. The molecule has 0 unspecified atom stereocenters. The molecule has 4 heteroatoms. The molecule has 0 atom stereocenters. The molecule has 2 heterocycles. The lowest BCUT2D eigenvalue weighted by Gasteiger charge is -2.33. The molecular formula is C11H14N2O2. The third kappa shape index (κ3) is 1.72. The van der Waals surface area contributed by atoms with Gasteiger partial charge in [-0.3, -0.25) is 9.78 Å². The molecule has 0 saturated carbocycles. The third-order valence-electron chi connectivity index (χ3n) is 3.08. The van der Waals surface area contributed by atoms with Gasteiger partial charge in [-0.15, -0.1) is 0 Å². The van der Waals surface area contributed by atoms with E-state index in [1.807, 2.05) is 6.07 Å². The highest BCUT2D eigenvalue weighted by molar-refractivity contribution is 5.81. The molecule has 1 aromatic rings. The average Bonchev–Trinajstić information content (AvgIpc) is 2.31. The van der Waals surface area contributed by atoms with Crippen molar-refractivity contribution in [2.45, 2.75) is 18.3 Å². The van der Waals surface area contributed by atoms with Gasteiger partial charge in [-0.2, -0.15) is 0 Å². The second-order valence-electron chi connectivity index (χ2n) is 3.88. The zero-order valence-corrected chi connectivity index (χ0v) is 8.44. The highest BCUT2D eigenvalue weighted by atomic mass is 16.4. The van der Waals surface area contributed by atoms with Crippen molar-refractivity contribution in [1.29, 1.82) is 0 Å². The van der Waals surface area contributed by atoms with Crippen molar-refractivity contribution in [2.75, 3.05) is 13.1 Å². The number of pyridine rings is 1. The van der Waals surface area contributed by atoms with Gasteiger partial charge in [0.15, 0.2) is 0 Å². The number of aliphatic carboxylic acids is 1. The van der Waals surface area contributed by atoms with Crippen LogP contribution in [0.2, 0.25) is 0 Å². The van der Waals surface area contributed by atoms with Crippen LogP contribution < -0.4 is 5.32 Å². The molecule has 1 saturated heterocycles. The van der Waals surface area contributed by atoms with Crippen molar-refractivity contribution in [3.63, 3.8) is 0 Å². The van der Waals surface area contributed by atoms with E-state index in [0.717, 1.165) is 18.7 Å². The summed E-state index contributed by atoms with van der Waals surface area (Å²) in [6.07, 6.45) is 4.60. The molecule has 0 aromatic carbocycles. The number of nitrogens with one attached hydrogen (secondary N) is 1. The third-order valence-corrected chi connectivity index (χ3v) is 3.08. The quantitative estimate of drug-likeness (QED) is 0.751. The number of carboxylic acids is 1. The van der Waals surface area contributed by atoms with E-state index in [1.165, 1.54) is 0 Å². The zero-order valence-electron chi connectivity index (χ0n) is 8.44. The molecule has 1 aliphatic rings. The van der Waals surface area contributed by atoms with Crippen LogP contribution in [-0.4, -0.2) is 29.1 Å². The van der Waals surface area contributed by atoms with Crippen molar-refractivity contribution < 1.29 is 9.90 Å². The van der Waals surface area contributed by atoms with E-state index in [9.17, 15) is 9.90 Å². The summed E-state index contributed by atoms with van der Waals surface area (Å²) in [4.78, 5) is 15.4. The van der Waals surface area contributed by atoms with Gasteiger partial charge in [0.2, 0.25) is 0 Å². The van der Waals surface area contributed by atoms with Crippen LogP contribution in [0.3, 0.4) is 0 Å². The van der Waals surface area contributed by atoms with Gasteiger partial charge in [0.25, 0.3) is 0 Å². The van der Waals surface area contributed by atoms with Gasteiger partial charge in [0.05, 0.1) is 5.41 Å². The predicted octanol–water partition coefficient (Wildman–Crippen LogP) is 0.787. The summed E-state index contributed by atoms with van der Waals surface area (Å²) in [5.41, 5.74) is 0.0819. The number of carboxylic acid groups (broad SMARTS) is 1. The van der Waals surface area contributed by atoms with E-state index in [0.29, 0.717) is 12.8 Å². The maximum atomic E-state index is 11.4. The minimum absolute atomic E-state index is 0.633. The topological polar surface area (TPSA) is 62.2 Å². The highest BCUT2D eigenvalue weighted by Gasteiger charge is 2.41. The van der Waals surface area contributed by atoms with Crippen molar-refractivity contribution in [2.24, 2.45) is 0 Å². The van der Waals surface area contributed by atoms with Crippen LogP contribution in [0.1, 0.15) is 18.4 Å². The lowest BCUT2D eigenvalue weighted by Crippen LogP contribution is -2.45. The number of piperidine rings is 1. The smallest absolute Gasteiger partial charge is 0.314 e. The van der Waals surface area contributed by atoms with Crippen LogP contribution in [0.5, 0.6) is 0 Å². The van der Waals surface area contributed by atoms with Crippen LogP contribution >= 0.6 is 0 Å². The Balaban J connectivity index is 2.38. The first-order valence-corrected chi connectivity index (χ1v) is 5.10. The standard InChI is InChI=1S/C11H14N2O2/c14-10(15)11(3-6-12-7-4-11)9-2-1-5-13-8-9/h1-2,5,8,12H,3-4,6-7H2,(H,14,15). The summed E-state index contributed by atoms with van der Waals surface area (Å²) in [5, 5.41) is 12.6. The summed E-state index contributed by atoms with van der Waals surface area (Å²) >= 11 is 0. The number of carbonyl (C=O) groups is 1. The van der Waals surface area contributed by atoms with Crippen LogP contribution in [-0.2, 0) is 10.2 Å². The largest absolute Gasteiger partial charge is 0.481 e. The Morgan fingerprint density at radius 1 is 1.47 bits per heavy atom. The van der Waals surface area contributed by atoms with Crippen molar-refractivity contribution >= 4 is 5.97 Å². The van der Waals surface area contributed by atoms with Crippen LogP contribution in [0.4, 0.5) is 0 Å². The Bertz CT molecular complexity index is 345. The molecule has 1 aliphatic heterocycles. The molecule has 0 spiro atoms. The van der Waals surface area contributed by atoms with Gasteiger partial charge in [-0.25, -0.2) is 0 Å². The zero-order chi connectivity index (χ0) is 10.7. The van der Waals surface area contributed by atoms with E-state index < -0.39 is 11.4 Å². The minimum atomic E-state index is -0.739. The molecule has 4 nitrogen and oxygen atoms in total. The van der Waals surface area contributed by atoms with Gasteiger partial charge >= 0.3 is 5.97 Å². The van der Waals surface area contributed by atoms with Gasteiger partial charge in [0.1, 0.15) is 0 Å². The van der Waals surface area contributed by atoms with Gasteiger partial charge in [-0.1, -0.05) is 6.07 Å². The van der Waals surface area contributed by atoms with Gasteiger partial charge < -0.3 is 10.4 Å². The fourth-order valence-electron chi connectivity index (χ4n) is 2.13. The maximum Gasteiger partial charge on any atom is 0.314 e.